The zero-order valence-corrected chi connectivity index (χ0v) is 12.2. The van der Waals surface area contributed by atoms with Crippen molar-refractivity contribution in [2.24, 2.45) is 0 Å². The van der Waals surface area contributed by atoms with Crippen LogP contribution in [0.3, 0.4) is 0 Å². The molecule has 2 aromatic carbocycles. The lowest BCUT2D eigenvalue weighted by Crippen LogP contribution is -1.98. The summed E-state index contributed by atoms with van der Waals surface area (Å²) in [6, 6.07) is 12.1. The standard InChI is InChI=1S/C16H12N4O4/c21-12-3-1-2-11(9-12)18-16-17-7-6-13(19-16)10-4-5-15(22)14(8-10)20(23)24/h1-9,21-22H,(H,17,18,19). The highest BCUT2D eigenvalue weighted by Gasteiger charge is 2.15. The largest absolute Gasteiger partial charge is 0.508 e. The summed E-state index contributed by atoms with van der Waals surface area (Å²) in [7, 11) is 0. The molecule has 120 valence electrons. The van der Waals surface area contributed by atoms with Crippen molar-refractivity contribution in [1.29, 1.82) is 0 Å². The first-order valence-electron chi connectivity index (χ1n) is 6.90. The second-order valence-corrected chi connectivity index (χ2v) is 4.90. The molecule has 0 amide bonds. The average molecular weight is 324 g/mol. The normalized spacial score (nSPS) is 10.3. The Balaban J connectivity index is 1.93. The van der Waals surface area contributed by atoms with Crippen molar-refractivity contribution in [3.63, 3.8) is 0 Å². The predicted molar refractivity (Wildman–Crippen MR) is 87.2 cm³/mol. The summed E-state index contributed by atoms with van der Waals surface area (Å²) in [6.45, 7) is 0. The van der Waals surface area contributed by atoms with Gasteiger partial charge in [0.25, 0.3) is 0 Å². The van der Waals surface area contributed by atoms with Crippen LogP contribution >= 0.6 is 0 Å². The number of aromatic hydroxyl groups is 2. The van der Waals surface area contributed by atoms with Gasteiger partial charge >= 0.3 is 5.69 Å². The van der Waals surface area contributed by atoms with Crippen LogP contribution in [0.2, 0.25) is 0 Å². The minimum Gasteiger partial charge on any atom is -0.508 e. The minimum absolute atomic E-state index is 0.102. The summed E-state index contributed by atoms with van der Waals surface area (Å²) < 4.78 is 0. The van der Waals surface area contributed by atoms with Crippen LogP contribution in [0, 0.1) is 10.1 Å². The molecule has 0 aliphatic carbocycles. The van der Waals surface area contributed by atoms with Gasteiger partial charge in [0.05, 0.1) is 10.6 Å². The van der Waals surface area contributed by atoms with E-state index < -0.39 is 16.4 Å². The van der Waals surface area contributed by atoms with Crippen molar-refractivity contribution < 1.29 is 15.1 Å². The number of nitro benzene ring substituents is 1. The molecule has 1 aromatic heterocycles. The van der Waals surface area contributed by atoms with Gasteiger partial charge in [-0.05, 0) is 30.3 Å². The molecular weight excluding hydrogens is 312 g/mol. The molecule has 3 rings (SSSR count). The molecule has 0 saturated heterocycles. The fourth-order valence-electron chi connectivity index (χ4n) is 2.12. The molecule has 8 nitrogen and oxygen atoms in total. The van der Waals surface area contributed by atoms with E-state index in [9.17, 15) is 20.3 Å². The van der Waals surface area contributed by atoms with Gasteiger partial charge in [-0.15, -0.1) is 0 Å². The van der Waals surface area contributed by atoms with Crippen LogP contribution in [-0.2, 0) is 0 Å². The van der Waals surface area contributed by atoms with E-state index in [1.165, 1.54) is 36.5 Å². The number of nitrogens with one attached hydrogen (secondary N) is 1. The highest BCUT2D eigenvalue weighted by atomic mass is 16.6. The first kappa shape index (κ1) is 15.2. The van der Waals surface area contributed by atoms with E-state index in [1.807, 2.05) is 0 Å². The number of phenolic OH excluding ortho intramolecular Hbond substituents is 2. The Morgan fingerprint density at radius 3 is 2.67 bits per heavy atom. The molecule has 0 atom stereocenters. The summed E-state index contributed by atoms with van der Waals surface area (Å²) >= 11 is 0. The zero-order chi connectivity index (χ0) is 17.1. The Hall–Kier alpha value is -3.68. The molecule has 24 heavy (non-hydrogen) atoms. The van der Waals surface area contributed by atoms with Gasteiger partial charge in [0.1, 0.15) is 5.75 Å². The predicted octanol–water partition coefficient (Wildman–Crippen LogP) is 3.21. The van der Waals surface area contributed by atoms with Crippen LogP contribution in [0.4, 0.5) is 17.3 Å². The lowest BCUT2D eigenvalue weighted by molar-refractivity contribution is -0.385. The van der Waals surface area contributed by atoms with Gasteiger partial charge in [0.2, 0.25) is 5.95 Å². The number of hydrogen-bond donors (Lipinski definition) is 3. The fraction of sp³-hybridized carbons (Fsp3) is 0. The summed E-state index contributed by atoms with van der Waals surface area (Å²) in [5.41, 5.74) is 1.13. The lowest BCUT2D eigenvalue weighted by Gasteiger charge is -2.07. The van der Waals surface area contributed by atoms with Crippen molar-refractivity contribution in [3.8, 4) is 22.8 Å². The van der Waals surface area contributed by atoms with E-state index in [0.29, 0.717) is 16.9 Å². The van der Waals surface area contributed by atoms with Crippen molar-refractivity contribution in [2.45, 2.75) is 0 Å². The average Bonchev–Trinajstić information content (AvgIpc) is 2.55. The van der Waals surface area contributed by atoms with Gasteiger partial charge < -0.3 is 15.5 Å². The van der Waals surface area contributed by atoms with E-state index in [-0.39, 0.29) is 11.7 Å². The maximum absolute atomic E-state index is 10.9. The van der Waals surface area contributed by atoms with Crippen molar-refractivity contribution >= 4 is 17.3 Å². The van der Waals surface area contributed by atoms with Crippen LogP contribution in [-0.4, -0.2) is 25.1 Å². The van der Waals surface area contributed by atoms with Crippen LogP contribution in [0.25, 0.3) is 11.3 Å². The first-order valence-corrected chi connectivity index (χ1v) is 6.90. The first-order chi connectivity index (χ1) is 11.5. The number of aromatic nitrogens is 2. The number of hydrogen-bond acceptors (Lipinski definition) is 7. The number of nitrogens with zero attached hydrogens (tertiary/aromatic N) is 3. The maximum Gasteiger partial charge on any atom is 0.311 e. The van der Waals surface area contributed by atoms with Gasteiger partial charge in [0, 0.05) is 29.6 Å². The monoisotopic (exact) mass is 324 g/mol. The number of rotatable bonds is 4. The summed E-state index contributed by atoms with van der Waals surface area (Å²) in [5, 5.41) is 32.8. The Morgan fingerprint density at radius 2 is 1.92 bits per heavy atom. The van der Waals surface area contributed by atoms with Gasteiger partial charge in [-0.1, -0.05) is 6.07 Å². The van der Waals surface area contributed by atoms with Gasteiger partial charge in [0.15, 0.2) is 5.75 Å². The highest BCUT2D eigenvalue weighted by Crippen LogP contribution is 2.31. The number of benzene rings is 2. The Bertz CT molecular complexity index is 914. The van der Waals surface area contributed by atoms with E-state index in [0.717, 1.165) is 0 Å². The molecular formula is C16H12N4O4. The number of nitro groups is 1. The van der Waals surface area contributed by atoms with E-state index >= 15 is 0 Å². The second-order valence-electron chi connectivity index (χ2n) is 4.90. The third-order valence-corrected chi connectivity index (χ3v) is 3.23. The third-order valence-electron chi connectivity index (χ3n) is 3.23. The number of anilines is 2. The Morgan fingerprint density at radius 1 is 1.08 bits per heavy atom. The van der Waals surface area contributed by atoms with Crippen molar-refractivity contribution in [2.75, 3.05) is 5.32 Å². The smallest absolute Gasteiger partial charge is 0.311 e. The molecule has 0 spiro atoms. The molecule has 0 aliphatic rings. The van der Waals surface area contributed by atoms with Crippen LogP contribution in [0.1, 0.15) is 0 Å². The number of phenols is 2. The summed E-state index contributed by atoms with van der Waals surface area (Å²) in [4.78, 5) is 18.6. The molecule has 0 aliphatic heterocycles. The van der Waals surface area contributed by atoms with E-state index in [1.54, 1.807) is 18.2 Å². The maximum atomic E-state index is 10.9. The third kappa shape index (κ3) is 3.22. The fourth-order valence-corrected chi connectivity index (χ4v) is 2.12. The molecule has 3 aromatic rings. The minimum atomic E-state index is -0.661. The molecule has 0 unspecified atom stereocenters. The van der Waals surface area contributed by atoms with Crippen LogP contribution in [0.15, 0.2) is 54.7 Å². The van der Waals surface area contributed by atoms with Crippen LogP contribution < -0.4 is 5.32 Å². The zero-order valence-electron chi connectivity index (χ0n) is 12.2. The van der Waals surface area contributed by atoms with Gasteiger partial charge in [-0.2, -0.15) is 0 Å². The molecule has 0 saturated carbocycles. The highest BCUT2D eigenvalue weighted by molar-refractivity contribution is 5.67. The molecule has 1 heterocycles. The Kier molecular flexibility index (Phi) is 3.94. The van der Waals surface area contributed by atoms with Crippen molar-refractivity contribution in [3.05, 3.63) is 64.8 Å². The second kappa shape index (κ2) is 6.21. The summed E-state index contributed by atoms with van der Waals surface area (Å²) in [6.07, 6.45) is 1.51. The molecule has 0 bridgehead atoms. The lowest BCUT2D eigenvalue weighted by atomic mass is 10.1. The SMILES string of the molecule is O=[N+]([O-])c1cc(-c2ccnc(Nc3cccc(O)c3)n2)ccc1O. The molecule has 3 N–H and O–H groups in total. The Labute approximate surface area is 136 Å². The molecule has 0 fully saturated rings. The molecule has 8 heteroatoms. The van der Waals surface area contributed by atoms with Gasteiger partial charge in [-0.3, -0.25) is 10.1 Å². The van der Waals surface area contributed by atoms with Crippen molar-refractivity contribution in [1.82, 2.24) is 9.97 Å². The quantitative estimate of drug-likeness (QED) is 0.497. The van der Waals surface area contributed by atoms with E-state index in [4.69, 9.17) is 0 Å². The topological polar surface area (TPSA) is 121 Å². The van der Waals surface area contributed by atoms with Crippen LogP contribution in [0.5, 0.6) is 11.5 Å². The van der Waals surface area contributed by atoms with Gasteiger partial charge in [-0.25, -0.2) is 9.97 Å². The molecule has 0 radical (unpaired) electrons. The summed E-state index contributed by atoms with van der Waals surface area (Å²) in [5.74, 6) is -0.0324. The van der Waals surface area contributed by atoms with E-state index in [2.05, 4.69) is 15.3 Å².